The molecule has 14 nitrogen and oxygen atoms in total. The molecule has 56 heavy (non-hydrogen) atoms. The molecule has 2 saturated heterocycles. The molecule has 4 aromatic carbocycles. The molecule has 4 N–H and O–H groups in total. The SMILES string of the molecule is [Na+].[Na+].[c-]1cc(Nc2nc(Nc3ccccc3)nc(N3CCOCC3)n2)ccc1C=Cc1[c-]cc(Nc2nc(Nc3ccccc3)nc(N3CCOCC3)n2)cc1. The van der Waals surface area contributed by atoms with Crippen LogP contribution in [-0.2, 0) is 9.47 Å². The summed E-state index contributed by atoms with van der Waals surface area (Å²) in [5.41, 5.74) is 5.20. The van der Waals surface area contributed by atoms with Crippen molar-refractivity contribution in [3.63, 3.8) is 0 Å². The molecule has 16 heteroatoms. The van der Waals surface area contributed by atoms with Gasteiger partial charge in [0.15, 0.2) is 0 Å². The van der Waals surface area contributed by atoms with E-state index in [9.17, 15) is 0 Å². The van der Waals surface area contributed by atoms with Crippen LogP contribution in [0.15, 0.2) is 97.1 Å². The number of aromatic nitrogens is 6. The molecule has 0 bridgehead atoms. The van der Waals surface area contributed by atoms with Crippen LogP contribution in [-0.4, -0.2) is 82.5 Å². The van der Waals surface area contributed by atoms with Crippen molar-refractivity contribution >= 4 is 70.6 Å². The summed E-state index contributed by atoms with van der Waals surface area (Å²) in [6, 6.07) is 38.0. The van der Waals surface area contributed by atoms with Gasteiger partial charge in [-0.05, 0) is 35.6 Å². The van der Waals surface area contributed by atoms with Gasteiger partial charge in [-0.25, -0.2) is 0 Å². The summed E-state index contributed by atoms with van der Waals surface area (Å²) in [5, 5.41) is 13.2. The van der Waals surface area contributed by atoms with E-state index in [4.69, 9.17) is 19.4 Å². The van der Waals surface area contributed by atoms with Crippen LogP contribution in [0.25, 0.3) is 12.2 Å². The molecule has 272 valence electrons. The molecule has 2 aromatic heterocycles. The second-order valence-electron chi connectivity index (χ2n) is 12.4. The van der Waals surface area contributed by atoms with E-state index < -0.39 is 0 Å². The second-order valence-corrected chi connectivity index (χ2v) is 12.4. The van der Waals surface area contributed by atoms with Gasteiger partial charge in [-0.3, -0.25) is 0 Å². The van der Waals surface area contributed by atoms with Crippen LogP contribution in [0.3, 0.4) is 0 Å². The molecule has 4 heterocycles. The summed E-state index contributed by atoms with van der Waals surface area (Å²) in [4.78, 5) is 32.3. The van der Waals surface area contributed by atoms with Crippen molar-refractivity contribution in [3.8, 4) is 0 Å². The third kappa shape index (κ3) is 11.5. The van der Waals surface area contributed by atoms with Crippen molar-refractivity contribution in [1.29, 1.82) is 0 Å². The number of nitrogens with one attached hydrogen (secondary N) is 4. The molecule has 0 unspecified atom stereocenters. The number of ether oxygens (including phenoxy) is 2. The average Bonchev–Trinajstić information content (AvgIpc) is 3.22. The minimum atomic E-state index is 0. The van der Waals surface area contributed by atoms with Gasteiger partial charge >= 0.3 is 59.1 Å². The quantitative estimate of drug-likeness (QED) is 0.0778. The van der Waals surface area contributed by atoms with Crippen molar-refractivity contribution in [3.05, 3.63) is 120 Å². The standard InChI is InChI=1S/C40H38N12O2.2Na/c1-3-7-31(8-4-1)41-35-45-37(49-39(47-35)51-21-25-53-26-22-51)43-33-17-13-29(14-18-33)11-12-30-15-19-34(20-16-30)44-38-46-36(42-32-9-5-2-6-10-32)48-40(50-38)52-23-27-54-28-24-52;;/h1-13,15,17-20H,21-28H2,(H2,41,43,45,47,49)(H2,42,44,46,48,50);;/q-2;2*+1. The van der Waals surface area contributed by atoms with Crippen LogP contribution in [0.4, 0.5) is 58.4 Å². The fourth-order valence-electron chi connectivity index (χ4n) is 5.74. The van der Waals surface area contributed by atoms with Gasteiger partial charge in [-0.15, -0.1) is 48.5 Å². The van der Waals surface area contributed by atoms with Gasteiger partial charge in [0.2, 0.25) is 35.7 Å². The molecule has 0 saturated carbocycles. The molecule has 0 radical (unpaired) electrons. The first-order valence-corrected chi connectivity index (χ1v) is 17.8. The monoisotopic (exact) mass is 764 g/mol. The van der Waals surface area contributed by atoms with Crippen molar-refractivity contribution < 1.29 is 68.6 Å². The molecule has 2 aliphatic heterocycles. The molecule has 8 rings (SSSR count). The maximum atomic E-state index is 5.53. The fourth-order valence-corrected chi connectivity index (χ4v) is 5.74. The van der Waals surface area contributed by atoms with E-state index in [0.29, 0.717) is 88.3 Å². The first-order chi connectivity index (χ1) is 26.7. The Morgan fingerprint density at radius 3 is 1.14 bits per heavy atom. The molecule has 2 aliphatic rings. The van der Waals surface area contributed by atoms with Gasteiger partial charge in [-0.2, -0.15) is 53.2 Å². The normalized spacial score (nSPS) is 14.0. The van der Waals surface area contributed by atoms with Gasteiger partial charge in [0.1, 0.15) is 0 Å². The molecule has 6 aromatic rings. The Morgan fingerprint density at radius 2 is 0.804 bits per heavy atom. The van der Waals surface area contributed by atoms with Crippen molar-refractivity contribution in [2.24, 2.45) is 0 Å². The van der Waals surface area contributed by atoms with Crippen LogP contribution >= 0.6 is 0 Å². The number of hydrogen-bond donors (Lipinski definition) is 4. The van der Waals surface area contributed by atoms with Gasteiger partial charge in [-0.1, -0.05) is 36.4 Å². The van der Waals surface area contributed by atoms with Crippen LogP contribution < -0.4 is 90.2 Å². The fraction of sp³-hybridized carbons (Fsp3) is 0.200. The number of benzene rings is 4. The third-order valence-electron chi connectivity index (χ3n) is 8.52. The summed E-state index contributed by atoms with van der Waals surface area (Å²) in [6.07, 6.45) is 3.98. The third-order valence-corrected chi connectivity index (χ3v) is 8.52. The van der Waals surface area contributed by atoms with E-state index in [1.165, 1.54) is 0 Å². The van der Waals surface area contributed by atoms with Gasteiger partial charge in [0.25, 0.3) is 0 Å². The average molecular weight is 765 g/mol. The second kappa shape index (κ2) is 20.5. The molecule has 0 atom stereocenters. The summed E-state index contributed by atoms with van der Waals surface area (Å²) in [6.45, 7) is 5.36. The molecular weight excluding hydrogens is 727 g/mol. The van der Waals surface area contributed by atoms with Crippen LogP contribution in [0.5, 0.6) is 0 Å². The first kappa shape index (κ1) is 41.0. The zero-order valence-corrected chi connectivity index (χ0v) is 35.4. The molecule has 2 fully saturated rings. The zero-order valence-electron chi connectivity index (χ0n) is 31.4. The van der Waals surface area contributed by atoms with E-state index in [1.54, 1.807) is 0 Å². The molecule has 0 spiro atoms. The maximum absolute atomic E-state index is 5.53. The van der Waals surface area contributed by atoms with Crippen LogP contribution in [0.2, 0.25) is 0 Å². The number of anilines is 10. The summed E-state index contributed by atoms with van der Waals surface area (Å²) in [7, 11) is 0. The predicted molar refractivity (Wildman–Crippen MR) is 211 cm³/mol. The zero-order chi connectivity index (χ0) is 36.4. The maximum Gasteiger partial charge on any atom is 1.00 e. The molecule has 0 aliphatic carbocycles. The summed E-state index contributed by atoms with van der Waals surface area (Å²) in [5.74, 6) is 2.96. The van der Waals surface area contributed by atoms with E-state index in [2.05, 4.69) is 63.1 Å². The summed E-state index contributed by atoms with van der Waals surface area (Å²) < 4.78 is 11.1. The van der Waals surface area contributed by atoms with Gasteiger partial charge < -0.3 is 40.5 Å². The molecule has 0 amide bonds. The van der Waals surface area contributed by atoms with E-state index >= 15 is 0 Å². The van der Waals surface area contributed by atoms with Crippen molar-refractivity contribution in [1.82, 2.24) is 29.9 Å². The van der Waals surface area contributed by atoms with Crippen molar-refractivity contribution in [2.75, 3.05) is 83.7 Å². The van der Waals surface area contributed by atoms with Gasteiger partial charge in [0, 0.05) is 37.6 Å². The Hall–Kier alpha value is -4.64. The Labute approximate surface area is 370 Å². The molecular formula is C40H38N12Na2O2. The van der Waals surface area contributed by atoms with Crippen LogP contribution in [0.1, 0.15) is 11.1 Å². The smallest absolute Gasteiger partial charge is 0.378 e. The Morgan fingerprint density at radius 1 is 0.446 bits per heavy atom. The topological polar surface area (TPSA) is 150 Å². The largest absolute Gasteiger partial charge is 1.00 e. The van der Waals surface area contributed by atoms with Crippen LogP contribution in [0, 0.1) is 12.1 Å². The minimum Gasteiger partial charge on any atom is -0.378 e. The minimum absolute atomic E-state index is 0. The van der Waals surface area contributed by atoms with E-state index in [1.807, 2.05) is 109 Å². The number of rotatable bonds is 12. The van der Waals surface area contributed by atoms with E-state index in [0.717, 1.165) is 33.9 Å². The Bertz CT molecular complexity index is 2000. The predicted octanol–water partition coefficient (Wildman–Crippen LogP) is 0.483. The van der Waals surface area contributed by atoms with Gasteiger partial charge in [0.05, 0.1) is 26.4 Å². The van der Waals surface area contributed by atoms with E-state index in [-0.39, 0.29) is 59.1 Å². The Balaban J connectivity index is 0.00000266. The first-order valence-electron chi connectivity index (χ1n) is 17.8. The number of morpholine rings is 2. The number of nitrogens with zero attached hydrogens (tertiary/aromatic N) is 8. The number of para-hydroxylation sites is 2. The summed E-state index contributed by atoms with van der Waals surface area (Å²) >= 11 is 0. The van der Waals surface area contributed by atoms with Crippen molar-refractivity contribution in [2.45, 2.75) is 0 Å². The number of hydrogen-bond acceptors (Lipinski definition) is 14. The Kier molecular flexibility index (Phi) is 15.0.